The Morgan fingerprint density at radius 1 is 0.800 bits per heavy atom. The Hall–Kier alpha value is -4.46. The first kappa shape index (κ1) is 16.5. The van der Waals surface area contributed by atoms with Crippen LogP contribution >= 0.6 is 0 Å². The SMILES string of the molecule is c1ccc(-c2cncc3[nH]c(-c4n[nH]c5ccc(-c6cncnc6)nc45)cc23)nc1. The molecule has 6 aromatic rings. The Labute approximate surface area is 170 Å². The van der Waals surface area contributed by atoms with Crippen molar-refractivity contribution < 1.29 is 0 Å². The van der Waals surface area contributed by atoms with E-state index in [1.165, 1.54) is 6.33 Å². The predicted octanol–water partition coefficient (Wildman–Crippen LogP) is 4.02. The molecule has 0 radical (unpaired) electrons. The molecular formula is C22H14N8. The van der Waals surface area contributed by atoms with E-state index >= 15 is 0 Å². The molecule has 8 nitrogen and oxygen atoms in total. The number of aromatic amines is 2. The zero-order chi connectivity index (χ0) is 19.9. The molecule has 0 saturated heterocycles. The van der Waals surface area contributed by atoms with Crippen molar-refractivity contribution in [3.63, 3.8) is 0 Å². The fourth-order valence-corrected chi connectivity index (χ4v) is 3.58. The maximum absolute atomic E-state index is 4.81. The summed E-state index contributed by atoms with van der Waals surface area (Å²) in [6.45, 7) is 0. The molecular weight excluding hydrogens is 376 g/mol. The largest absolute Gasteiger partial charge is 0.352 e. The molecule has 0 bridgehead atoms. The van der Waals surface area contributed by atoms with E-state index in [2.05, 4.69) is 41.2 Å². The normalized spacial score (nSPS) is 11.3. The van der Waals surface area contributed by atoms with E-state index in [0.717, 1.165) is 55.8 Å². The molecule has 6 aromatic heterocycles. The molecule has 6 heterocycles. The van der Waals surface area contributed by atoms with Gasteiger partial charge in [-0.25, -0.2) is 15.0 Å². The maximum atomic E-state index is 4.81. The van der Waals surface area contributed by atoms with Crippen LogP contribution < -0.4 is 0 Å². The maximum Gasteiger partial charge on any atom is 0.135 e. The molecule has 0 saturated carbocycles. The highest BCUT2D eigenvalue weighted by atomic mass is 15.1. The standard InChI is InChI=1S/C22H14N8/c1-2-6-26-17(3-1)15-10-23-11-20-14(15)7-19(27-20)22-21-18(29-30-22)5-4-16(28-21)13-8-24-12-25-9-13/h1-12,27H,(H,29,30). The Bertz CT molecular complexity index is 1490. The summed E-state index contributed by atoms with van der Waals surface area (Å²) in [6, 6.07) is 11.8. The van der Waals surface area contributed by atoms with Crippen LogP contribution in [0.4, 0.5) is 0 Å². The second-order valence-electron chi connectivity index (χ2n) is 6.84. The number of rotatable bonds is 3. The smallest absolute Gasteiger partial charge is 0.135 e. The van der Waals surface area contributed by atoms with Crippen LogP contribution in [0, 0.1) is 0 Å². The number of aromatic nitrogens is 8. The second kappa shape index (κ2) is 6.56. The zero-order valence-electron chi connectivity index (χ0n) is 15.6. The molecule has 0 spiro atoms. The van der Waals surface area contributed by atoms with Crippen LogP contribution in [0.2, 0.25) is 0 Å². The van der Waals surface area contributed by atoms with Crippen molar-refractivity contribution in [3.8, 4) is 33.9 Å². The number of hydrogen-bond donors (Lipinski definition) is 2. The number of fused-ring (bicyclic) bond motifs is 2. The van der Waals surface area contributed by atoms with Gasteiger partial charge in [-0.1, -0.05) is 6.07 Å². The lowest BCUT2D eigenvalue weighted by Crippen LogP contribution is -1.87. The van der Waals surface area contributed by atoms with Crippen LogP contribution in [0.15, 0.2) is 73.7 Å². The molecule has 30 heavy (non-hydrogen) atoms. The highest BCUT2D eigenvalue weighted by molar-refractivity contribution is 5.99. The molecule has 0 aliphatic carbocycles. The minimum atomic E-state index is 0.742. The third-order valence-corrected chi connectivity index (χ3v) is 5.01. The van der Waals surface area contributed by atoms with Crippen molar-refractivity contribution >= 4 is 21.9 Å². The molecule has 0 unspecified atom stereocenters. The van der Waals surface area contributed by atoms with E-state index in [1.54, 1.807) is 24.8 Å². The number of hydrogen-bond acceptors (Lipinski definition) is 6. The van der Waals surface area contributed by atoms with E-state index in [1.807, 2.05) is 36.5 Å². The van der Waals surface area contributed by atoms with Gasteiger partial charge in [0.1, 0.15) is 17.5 Å². The number of nitrogens with zero attached hydrogens (tertiary/aromatic N) is 6. The van der Waals surface area contributed by atoms with Crippen LogP contribution in [-0.4, -0.2) is 40.1 Å². The second-order valence-corrected chi connectivity index (χ2v) is 6.84. The van der Waals surface area contributed by atoms with Crippen molar-refractivity contribution in [2.45, 2.75) is 0 Å². The van der Waals surface area contributed by atoms with Gasteiger partial charge in [0, 0.05) is 41.3 Å². The van der Waals surface area contributed by atoms with E-state index in [4.69, 9.17) is 4.98 Å². The van der Waals surface area contributed by atoms with Gasteiger partial charge in [-0.05, 0) is 30.3 Å². The summed E-state index contributed by atoms with van der Waals surface area (Å²) in [5, 5.41) is 8.61. The van der Waals surface area contributed by atoms with E-state index in [-0.39, 0.29) is 0 Å². The molecule has 0 aromatic carbocycles. The molecule has 2 N–H and O–H groups in total. The first-order valence-corrected chi connectivity index (χ1v) is 9.36. The molecule has 0 aliphatic heterocycles. The molecule has 0 fully saturated rings. The van der Waals surface area contributed by atoms with Crippen LogP contribution in [0.5, 0.6) is 0 Å². The van der Waals surface area contributed by atoms with Crippen molar-refractivity contribution in [1.82, 2.24) is 40.1 Å². The lowest BCUT2D eigenvalue weighted by atomic mass is 10.1. The van der Waals surface area contributed by atoms with E-state index in [9.17, 15) is 0 Å². The van der Waals surface area contributed by atoms with Gasteiger partial charge in [-0.3, -0.25) is 15.1 Å². The Balaban J connectivity index is 1.52. The van der Waals surface area contributed by atoms with Gasteiger partial charge in [-0.2, -0.15) is 5.10 Å². The first-order chi connectivity index (χ1) is 14.9. The minimum Gasteiger partial charge on any atom is -0.352 e. The van der Waals surface area contributed by atoms with Gasteiger partial charge < -0.3 is 4.98 Å². The number of pyridine rings is 3. The van der Waals surface area contributed by atoms with Gasteiger partial charge in [0.05, 0.1) is 34.3 Å². The molecule has 0 atom stereocenters. The van der Waals surface area contributed by atoms with Crippen molar-refractivity contribution in [2.24, 2.45) is 0 Å². The highest BCUT2D eigenvalue weighted by Gasteiger charge is 2.16. The van der Waals surface area contributed by atoms with Crippen molar-refractivity contribution in [1.29, 1.82) is 0 Å². The fraction of sp³-hybridized carbons (Fsp3) is 0. The van der Waals surface area contributed by atoms with Gasteiger partial charge in [-0.15, -0.1) is 0 Å². The van der Waals surface area contributed by atoms with E-state index < -0.39 is 0 Å². The third kappa shape index (κ3) is 2.62. The summed E-state index contributed by atoms with van der Waals surface area (Å²) in [6.07, 6.45) is 10.4. The highest BCUT2D eigenvalue weighted by Crippen LogP contribution is 2.32. The molecule has 142 valence electrons. The molecule has 0 aliphatic rings. The first-order valence-electron chi connectivity index (χ1n) is 9.36. The monoisotopic (exact) mass is 390 g/mol. The summed E-state index contributed by atoms with van der Waals surface area (Å²) in [7, 11) is 0. The average molecular weight is 390 g/mol. The summed E-state index contributed by atoms with van der Waals surface area (Å²) >= 11 is 0. The summed E-state index contributed by atoms with van der Waals surface area (Å²) in [5.74, 6) is 0. The molecule has 8 heteroatoms. The zero-order valence-corrected chi connectivity index (χ0v) is 15.6. The summed E-state index contributed by atoms with van der Waals surface area (Å²) < 4.78 is 0. The lowest BCUT2D eigenvalue weighted by Gasteiger charge is -2.00. The van der Waals surface area contributed by atoms with Crippen LogP contribution in [0.25, 0.3) is 55.8 Å². The quantitative estimate of drug-likeness (QED) is 0.472. The number of H-pyrrole nitrogens is 2. The van der Waals surface area contributed by atoms with Crippen LogP contribution in [0.1, 0.15) is 0 Å². The number of nitrogens with one attached hydrogen (secondary N) is 2. The Kier molecular flexibility index (Phi) is 3.60. The molecule has 0 amide bonds. The van der Waals surface area contributed by atoms with Gasteiger partial charge in [0.25, 0.3) is 0 Å². The fourth-order valence-electron chi connectivity index (χ4n) is 3.58. The van der Waals surface area contributed by atoms with Gasteiger partial charge >= 0.3 is 0 Å². The van der Waals surface area contributed by atoms with Gasteiger partial charge in [0.15, 0.2) is 0 Å². The third-order valence-electron chi connectivity index (χ3n) is 5.01. The topological polar surface area (TPSA) is 109 Å². The Morgan fingerprint density at radius 2 is 1.73 bits per heavy atom. The summed E-state index contributed by atoms with van der Waals surface area (Å²) in [4.78, 5) is 25.2. The average Bonchev–Trinajstić information content (AvgIpc) is 3.43. The Morgan fingerprint density at radius 3 is 2.60 bits per heavy atom. The van der Waals surface area contributed by atoms with Crippen LogP contribution in [0.3, 0.4) is 0 Å². The van der Waals surface area contributed by atoms with Crippen molar-refractivity contribution in [2.75, 3.05) is 0 Å². The molecule has 6 rings (SSSR count). The lowest BCUT2D eigenvalue weighted by molar-refractivity contribution is 1.12. The minimum absolute atomic E-state index is 0.742. The van der Waals surface area contributed by atoms with Crippen molar-refractivity contribution in [3.05, 3.63) is 73.7 Å². The van der Waals surface area contributed by atoms with Gasteiger partial charge in [0.2, 0.25) is 0 Å². The van der Waals surface area contributed by atoms with E-state index in [0.29, 0.717) is 0 Å². The predicted molar refractivity (Wildman–Crippen MR) is 113 cm³/mol. The van der Waals surface area contributed by atoms with Crippen LogP contribution in [-0.2, 0) is 0 Å². The summed E-state index contributed by atoms with van der Waals surface area (Å²) in [5.41, 5.74) is 7.62.